The second-order valence-corrected chi connectivity index (χ2v) is 6.81. The van der Waals surface area contributed by atoms with Gasteiger partial charge in [0, 0.05) is 24.3 Å². The Balaban J connectivity index is 1.73. The molecule has 5 nitrogen and oxygen atoms in total. The molecule has 0 radical (unpaired) electrons. The number of benzene rings is 2. The fourth-order valence-corrected chi connectivity index (χ4v) is 3.12. The molecule has 1 aliphatic heterocycles. The summed E-state index contributed by atoms with van der Waals surface area (Å²) in [6, 6.07) is 8.84. The van der Waals surface area contributed by atoms with Gasteiger partial charge in [0.05, 0.1) is 11.6 Å². The molecule has 2 aromatic rings. The Kier molecular flexibility index (Phi) is 5.42. The van der Waals surface area contributed by atoms with Gasteiger partial charge in [-0.3, -0.25) is 9.59 Å². The predicted octanol–water partition coefficient (Wildman–Crippen LogP) is 3.19. The summed E-state index contributed by atoms with van der Waals surface area (Å²) in [6.07, 6.45) is -3.75. The number of nitrogens with one attached hydrogen (secondary N) is 1. The van der Waals surface area contributed by atoms with Crippen molar-refractivity contribution in [3.8, 4) is 0 Å². The lowest BCUT2D eigenvalue weighted by Crippen LogP contribution is -2.44. The van der Waals surface area contributed by atoms with E-state index in [4.69, 9.17) is 5.73 Å². The monoisotopic (exact) mass is 391 g/mol. The first kappa shape index (κ1) is 19.9. The molecule has 0 fully saturated rings. The number of carbonyl (C=O) groups is 2. The van der Waals surface area contributed by atoms with Gasteiger partial charge >= 0.3 is 6.18 Å². The highest BCUT2D eigenvalue weighted by molar-refractivity contribution is 6.04. The molecule has 0 saturated carbocycles. The maximum atomic E-state index is 12.6. The fraction of sp³-hybridized carbons (Fsp3) is 0.300. The lowest BCUT2D eigenvalue weighted by Gasteiger charge is -2.30. The molecule has 0 aliphatic carbocycles. The number of hydrogen-bond donors (Lipinski definition) is 2. The van der Waals surface area contributed by atoms with Gasteiger partial charge in [-0.25, -0.2) is 0 Å². The smallest absolute Gasteiger partial charge is 0.337 e. The Labute approximate surface area is 160 Å². The zero-order chi connectivity index (χ0) is 20.5. The molecule has 0 saturated heterocycles. The fourth-order valence-electron chi connectivity index (χ4n) is 3.12. The number of halogens is 3. The van der Waals surface area contributed by atoms with Crippen molar-refractivity contribution in [1.82, 2.24) is 4.90 Å². The molecule has 148 valence electrons. The Morgan fingerprint density at radius 1 is 1.11 bits per heavy atom. The van der Waals surface area contributed by atoms with Gasteiger partial charge in [0.1, 0.15) is 0 Å². The summed E-state index contributed by atoms with van der Waals surface area (Å²) < 4.78 is 37.9. The van der Waals surface area contributed by atoms with Crippen LogP contribution in [0.3, 0.4) is 0 Å². The first-order chi connectivity index (χ1) is 13.1. The van der Waals surface area contributed by atoms with Crippen molar-refractivity contribution in [2.45, 2.75) is 32.1 Å². The lowest BCUT2D eigenvalue weighted by molar-refractivity contribution is -0.137. The molecule has 8 heteroatoms. The van der Waals surface area contributed by atoms with Crippen LogP contribution in [0.1, 0.15) is 34.0 Å². The van der Waals surface area contributed by atoms with Gasteiger partial charge in [-0.15, -0.1) is 0 Å². The predicted molar refractivity (Wildman–Crippen MR) is 98.6 cm³/mol. The Morgan fingerprint density at radius 2 is 1.79 bits per heavy atom. The molecular formula is C20H20F3N3O2. The minimum absolute atomic E-state index is 0.125. The summed E-state index contributed by atoms with van der Waals surface area (Å²) in [7, 11) is 0. The van der Waals surface area contributed by atoms with Crippen molar-refractivity contribution in [2.75, 3.05) is 11.9 Å². The van der Waals surface area contributed by atoms with E-state index in [2.05, 4.69) is 5.32 Å². The highest BCUT2D eigenvalue weighted by atomic mass is 19.4. The minimum Gasteiger partial charge on any atom is -0.337 e. The third kappa shape index (κ3) is 4.33. The van der Waals surface area contributed by atoms with E-state index in [-0.39, 0.29) is 11.5 Å². The number of rotatable bonds is 3. The van der Waals surface area contributed by atoms with Crippen LogP contribution in [0, 0.1) is 0 Å². The van der Waals surface area contributed by atoms with E-state index in [1.54, 1.807) is 24.0 Å². The SMILES string of the molecule is C[C@@H](N)C(=O)N1CCc2ccc(NC(=O)c3ccc(C(F)(F)F)cc3)cc2C1. The molecule has 1 heterocycles. The van der Waals surface area contributed by atoms with Gasteiger partial charge in [-0.2, -0.15) is 13.2 Å². The van der Waals surface area contributed by atoms with Crippen molar-refractivity contribution in [1.29, 1.82) is 0 Å². The molecule has 1 atom stereocenters. The van der Waals surface area contributed by atoms with Crippen molar-refractivity contribution < 1.29 is 22.8 Å². The summed E-state index contributed by atoms with van der Waals surface area (Å²) >= 11 is 0. The largest absolute Gasteiger partial charge is 0.416 e. The summed E-state index contributed by atoms with van der Waals surface area (Å²) in [6.45, 7) is 2.63. The highest BCUT2D eigenvalue weighted by Gasteiger charge is 2.30. The number of carbonyl (C=O) groups excluding carboxylic acids is 2. The second-order valence-electron chi connectivity index (χ2n) is 6.81. The maximum Gasteiger partial charge on any atom is 0.416 e. The number of anilines is 1. The topological polar surface area (TPSA) is 75.4 Å². The molecule has 0 bridgehead atoms. The number of nitrogens with two attached hydrogens (primary N) is 1. The number of nitrogens with zero attached hydrogens (tertiary/aromatic N) is 1. The van der Waals surface area contributed by atoms with E-state index in [9.17, 15) is 22.8 Å². The standard InChI is InChI=1S/C20H20F3N3O2/c1-12(24)19(28)26-9-8-13-4-7-17(10-15(13)11-26)25-18(27)14-2-5-16(6-3-14)20(21,22)23/h2-7,10,12H,8-9,11,24H2,1H3,(H,25,27)/t12-/m1/s1. The van der Waals surface area contributed by atoms with E-state index in [1.165, 1.54) is 0 Å². The minimum atomic E-state index is -4.45. The van der Waals surface area contributed by atoms with Gasteiger partial charge < -0.3 is 16.0 Å². The molecule has 3 N–H and O–H groups in total. The van der Waals surface area contributed by atoms with Crippen LogP contribution in [0.5, 0.6) is 0 Å². The maximum absolute atomic E-state index is 12.6. The molecule has 1 aliphatic rings. The molecule has 2 amide bonds. The Hall–Kier alpha value is -2.87. The molecule has 28 heavy (non-hydrogen) atoms. The van der Waals surface area contributed by atoms with Crippen LogP contribution >= 0.6 is 0 Å². The molecule has 3 rings (SSSR count). The third-order valence-corrected chi connectivity index (χ3v) is 4.65. The van der Waals surface area contributed by atoms with Crippen LogP contribution in [0.4, 0.5) is 18.9 Å². The van der Waals surface area contributed by atoms with E-state index < -0.39 is 23.7 Å². The normalized spacial score (nSPS) is 15.0. The van der Waals surface area contributed by atoms with Crippen LogP contribution in [0.2, 0.25) is 0 Å². The average molecular weight is 391 g/mol. The van der Waals surface area contributed by atoms with E-state index >= 15 is 0 Å². The quantitative estimate of drug-likeness (QED) is 0.844. The Morgan fingerprint density at radius 3 is 2.39 bits per heavy atom. The van der Waals surface area contributed by atoms with Crippen LogP contribution < -0.4 is 11.1 Å². The number of fused-ring (bicyclic) bond motifs is 1. The van der Waals surface area contributed by atoms with Crippen molar-refractivity contribution in [3.05, 3.63) is 64.7 Å². The van der Waals surface area contributed by atoms with Crippen molar-refractivity contribution in [3.63, 3.8) is 0 Å². The summed E-state index contributed by atoms with van der Waals surface area (Å²) in [4.78, 5) is 26.1. The average Bonchev–Trinajstić information content (AvgIpc) is 2.66. The van der Waals surface area contributed by atoms with Crippen molar-refractivity contribution in [2.24, 2.45) is 5.73 Å². The van der Waals surface area contributed by atoms with Gasteiger partial charge in [0.2, 0.25) is 5.91 Å². The Bertz CT molecular complexity index is 893. The lowest BCUT2D eigenvalue weighted by atomic mass is 9.98. The van der Waals surface area contributed by atoms with Gasteiger partial charge in [-0.1, -0.05) is 6.07 Å². The number of alkyl halides is 3. The van der Waals surface area contributed by atoms with Crippen LogP contribution in [0.25, 0.3) is 0 Å². The molecule has 2 aromatic carbocycles. The van der Waals surface area contributed by atoms with Gasteiger partial charge in [-0.05, 0) is 60.9 Å². The summed E-state index contributed by atoms with van der Waals surface area (Å²) in [5.41, 5.74) is 7.49. The zero-order valence-electron chi connectivity index (χ0n) is 15.2. The number of amides is 2. The molecule has 0 unspecified atom stereocenters. The summed E-state index contributed by atoms with van der Waals surface area (Å²) in [5, 5.41) is 2.69. The second kappa shape index (κ2) is 7.63. The van der Waals surface area contributed by atoms with Crippen molar-refractivity contribution >= 4 is 17.5 Å². The third-order valence-electron chi connectivity index (χ3n) is 4.65. The van der Waals surface area contributed by atoms with E-state index in [1.807, 2.05) is 6.07 Å². The highest BCUT2D eigenvalue weighted by Crippen LogP contribution is 2.29. The van der Waals surface area contributed by atoms with E-state index in [0.717, 1.165) is 35.4 Å². The first-order valence-corrected chi connectivity index (χ1v) is 8.80. The molecule has 0 aromatic heterocycles. The van der Waals surface area contributed by atoms with E-state index in [0.29, 0.717) is 25.2 Å². The van der Waals surface area contributed by atoms with Gasteiger partial charge in [0.15, 0.2) is 0 Å². The van der Waals surface area contributed by atoms with Gasteiger partial charge in [0.25, 0.3) is 5.91 Å². The van der Waals surface area contributed by atoms with Crippen LogP contribution in [-0.4, -0.2) is 29.3 Å². The van der Waals surface area contributed by atoms with Crippen LogP contribution in [0.15, 0.2) is 42.5 Å². The van der Waals surface area contributed by atoms with Crippen LogP contribution in [-0.2, 0) is 23.9 Å². The first-order valence-electron chi connectivity index (χ1n) is 8.80. The zero-order valence-corrected chi connectivity index (χ0v) is 15.2. The summed E-state index contributed by atoms with van der Waals surface area (Å²) in [5.74, 6) is -0.641. The molecular weight excluding hydrogens is 371 g/mol. The number of hydrogen-bond acceptors (Lipinski definition) is 3. The molecule has 0 spiro atoms.